The van der Waals surface area contributed by atoms with Crippen molar-refractivity contribution in [3.05, 3.63) is 23.8 Å². The van der Waals surface area contributed by atoms with E-state index in [1.807, 2.05) is 17.0 Å². The average Bonchev–Trinajstić information content (AvgIpc) is 2.48. The SMILES string of the molecule is Nc1cccc2c1N(CC(=O)N1CCCCC1)CCC2. The first kappa shape index (κ1) is 13.3. The first-order chi connectivity index (χ1) is 9.75. The van der Waals surface area contributed by atoms with Crippen LogP contribution in [0.5, 0.6) is 0 Å². The van der Waals surface area contributed by atoms with E-state index in [0.717, 1.165) is 56.7 Å². The third kappa shape index (κ3) is 2.60. The van der Waals surface area contributed by atoms with Crippen LogP contribution in [0, 0.1) is 0 Å². The lowest BCUT2D eigenvalue weighted by atomic mass is 10.0. The molecule has 0 aliphatic carbocycles. The van der Waals surface area contributed by atoms with Crippen molar-refractivity contribution in [1.29, 1.82) is 0 Å². The molecule has 1 amide bonds. The molecule has 108 valence electrons. The highest BCUT2D eigenvalue weighted by Crippen LogP contribution is 2.32. The second-order valence-corrected chi connectivity index (χ2v) is 5.82. The number of carbonyl (C=O) groups is 1. The van der Waals surface area contributed by atoms with Crippen molar-refractivity contribution in [2.24, 2.45) is 0 Å². The molecule has 4 nitrogen and oxygen atoms in total. The third-order valence-corrected chi connectivity index (χ3v) is 4.38. The Bertz CT molecular complexity index is 494. The van der Waals surface area contributed by atoms with E-state index >= 15 is 0 Å². The quantitative estimate of drug-likeness (QED) is 0.839. The lowest BCUT2D eigenvalue weighted by molar-refractivity contribution is -0.130. The van der Waals surface area contributed by atoms with Crippen LogP contribution >= 0.6 is 0 Å². The van der Waals surface area contributed by atoms with Crippen LogP contribution in [0.2, 0.25) is 0 Å². The summed E-state index contributed by atoms with van der Waals surface area (Å²) in [6.45, 7) is 3.25. The number of aryl methyl sites for hydroxylation is 1. The molecule has 0 atom stereocenters. The molecule has 0 saturated carbocycles. The molecule has 1 aromatic rings. The molecule has 1 saturated heterocycles. The second-order valence-electron chi connectivity index (χ2n) is 5.82. The van der Waals surface area contributed by atoms with E-state index in [9.17, 15) is 4.79 Å². The van der Waals surface area contributed by atoms with Gasteiger partial charge in [0.25, 0.3) is 0 Å². The maximum atomic E-state index is 12.4. The van der Waals surface area contributed by atoms with Crippen LogP contribution < -0.4 is 10.6 Å². The first-order valence-electron chi connectivity index (χ1n) is 7.66. The van der Waals surface area contributed by atoms with Gasteiger partial charge in [-0.15, -0.1) is 0 Å². The predicted molar refractivity (Wildman–Crippen MR) is 81.8 cm³/mol. The van der Waals surface area contributed by atoms with Gasteiger partial charge in [0.2, 0.25) is 5.91 Å². The summed E-state index contributed by atoms with van der Waals surface area (Å²) in [5, 5.41) is 0. The van der Waals surface area contributed by atoms with Gasteiger partial charge in [0.1, 0.15) is 0 Å². The van der Waals surface area contributed by atoms with Crippen LogP contribution in [-0.4, -0.2) is 37.0 Å². The van der Waals surface area contributed by atoms with Gasteiger partial charge in [0, 0.05) is 19.6 Å². The van der Waals surface area contributed by atoms with Gasteiger partial charge in [-0.2, -0.15) is 0 Å². The van der Waals surface area contributed by atoms with Crippen molar-refractivity contribution in [1.82, 2.24) is 4.90 Å². The Balaban J connectivity index is 1.74. The maximum Gasteiger partial charge on any atom is 0.242 e. The van der Waals surface area contributed by atoms with Crippen molar-refractivity contribution >= 4 is 17.3 Å². The number of rotatable bonds is 2. The summed E-state index contributed by atoms with van der Waals surface area (Å²) >= 11 is 0. The summed E-state index contributed by atoms with van der Waals surface area (Å²) in [7, 11) is 0. The smallest absolute Gasteiger partial charge is 0.242 e. The van der Waals surface area contributed by atoms with Gasteiger partial charge in [0.05, 0.1) is 17.9 Å². The van der Waals surface area contributed by atoms with Crippen LogP contribution in [0.4, 0.5) is 11.4 Å². The van der Waals surface area contributed by atoms with Gasteiger partial charge in [-0.1, -0.05) is 12.1 Å². The number of piperidine rings is 1. The van der Waals surface area contributed by atoms with Gasteiger partial charge in [0.15, 0.2) is 0 Å². The molecule has 1 fully saturated rings. The van der Waals surface area contributed by atoms with Gasteiger partial charge in [-0.25, -0.2) is 0 Å². The fourth-order valence-corrected chi connectivity index (χ4v) is 3.34. The molecule has 3 rings (SSSR count). The number of hydrogen-bond donors (Lipinski definition) is 1. The number of nitrogens with zero attached hydrogens (tertiary/aromatic N) is 2. The van der Waals surface area contributed by atoms with Crippen LogP contribution in [0.3, 0.4) is 0 Å². The largest absolute Gasteiger partial charge is 0.397 e. The van der Waals surface area contributed by atoms with Gasteiger partial charge in [-0.3, -0.25) is 4.79 Å². The van der Waals surface area contributed by atoms with E-state index < -0.39 is 0 Å². The highest BCUT2D eigenvalue weighted by molar-refractivity contribution is 5.84. The summed E-state index contributed by atoms with van der Waals surface area (Å²) < 4.78 is 0. The Labute approximate surface area is 120 Å². The Kier molecular flexibility index (Phi) is 3.81. The molecular formula is C16H23N3O. The monoisotopic (exact) mass is 273 g/mol. The van der Waals surface area contributed by atoms with Crippen LogP contribution in [0.15, 0.2) is 18.2 Å². The fourth-order valence-electron chi connectivity index (χ4n) is 3.34. The molecule has 0 aromatic heterocycles. The van der Waals surface area contributed by atoms with Crippen LogP contribution in [0.1, 0.15) is 31.2 Å². The summed E-state index contributed by atoms with van der Waals surface area (Å²) in [5.41, 5.74) is 9.29. The highest BCUT2D eigenvalue weighted by Gasteiger charge is 2.24. The minimum atomic E-state index is 0.251. The lowest BCUT2D eigenvalue weighted by Crippen LogP contribution is -2.44. The van der Waals surface area contributed by atoms with E-state index in [1.165, 1.54) is 12.0 Å². The number of likely N-dealkylation sites (tertiary alicyclic amines) is 1. The van der Waals surface area contributed by atoms with E-state index in [0.29, 0.717) is 6.54 Å². The Hall–Kier alpha value is -1.71. The maximum absolute atomic E-state index is 12.4. The minimum Gasteiger partial charge on any atom is -0.397 e. The number of fused-ring (bicyclic) bond motifs is 1. The Morgan fingerprint density at radius 1 is 1.10 bits per heavy atom. The molecular weight excluding hydrogens is 250 g/mol. The summed E-state index contributed by atoms with van der Waals surface area (Å²) in [5.74, 6) is 0.251. The van der Waals surface area contributed by atoms with E-state index in [4.69, 9.17) is 5.73 Å². The first-order valence-corrected chi connectivity index (χ1v) is 7.66. The topological polar surface area (TPSA) is 49.6 Å². The minimum absolute atomic E-state index is 0.251. The molecule has 1 aromatic carbocycles. The summed E-state index contributed by atoms with van der Waals surface area (Å²) in [4.78, 5) is 16.6. The molecule has 20 heavy (non-hydrogen) atoms. The van der Waals surface area contributed by atoms with Gasteiger partial charge < -0.3 is 15.5 Å². The van der Waals surface area contributed by atoms with Gasteiger partial charge in [-0.05, 0) is 43.7 Å². The van der Waals surface area contributed by atoms with E-state index in [-0.39, 0.29) is 5.91 Å². The lowest BCUT2D eigenvalue weighted by Gasteiger charge is -2.34. The van der Waals surface area contributed by atoms with E-state index in [1.54, 1.807) is 0 Å². The molecule has 2 aliphatic rings. The number of nitrogens with two attached hydrogens (primary N) is 1. The van der Waals surface area contributed by atoms with Crippen molar-refractivity contribution in [3.63, 3.8) is 0 Å². The number of benzene rings is 1. The molecule has 2 N–H and O–H groups in total. The number of para-hydroxylation sites is 1. The van der Waals surface area contributed by atoms with Crippen LogP contribution in [0.25, 0.3) is 0 Å². The van der Waals surface area contributed by atoms with Gasteiger partial charge >= 0.3 is 0 Å². The molecule has 0 spiro atoms. The second kappa shape index (κ2) is 5.73. The number of nitrogen functional groups attached to an aromatic ring is 1. The summed E-state index contributed by atoms with van der Waals surface area (Å²) in [6, 6.07) is 6.07. The molecule has 0 unspecified atom stereocenters. The number of carbonyl (C=O) groups excluding carboxylic acids is 1. The average molecular weight is 273 g/mol. The zero-order valence-corrected chi connectivity index (χ0v) is 12.0. The molecule has 0 bridgehead atoms. The van der Waals surface area contributed by atoms with Crippen molar-refractivity contribution < 1.29 is 4.79 Å². The van der Waals surface area contributed by atoms with Crippen LogP contribution in [-0.2, 0) is 11.2 Å². The fraction of sp³-hybridized carbons (Fsp3) is 0.562. The van der Waals surface area contributed by atoms with Crippen molar-refractivity contribution in [2.75, 3.05) is 36.8 Å². The molecule has 2 aliphatic heterocycles. The van der Waals surface area contributed by atoms with Crippen molar-refractivity contribution in [3.8, 4) is 0 Å². The zero-order valence-electron chi connectivity index (χ0n) is 12.0. The molecule has 4 heteroatoms. The predicted octanol–water partition coefficient (Wildman–Crippen LogP) is 2.03. The highest BCUT2D eigenvalue weighted by atomic mass is 16.2. The third-order valence-electron chi connectivity index (χ3n) is 4.38. The number of anilines is 2. The number of amides is 1. The molecule has 2 heterocycles. The standard InChI is InChI=1S/C16H23N3O/c17-14-8-4-6-13-7-5-11-19(16(13)14)12-15(20)18-9-2-1-3-10-18/h4,6,8H,1-3,5,7,9-12,17H2. The number of hydrogen-bond acceptors (Lipinski definition) is 3. The molecule has 0 radical (unpaired) electrons. The summed E-state index contributed by atoms with van der Waals surface area (Å²) in [6.07, 6.45) is 5.71. The zero-order chi connectivity index (χ0) is 13.9. The van der Waals surface area contributed by atoms with Crippen molar-refractivity contribution in [2.45, 2.75) is 32.1 Å². The van der Waals surface area contributed by atoms with E-state index in [2.05, 4.69) is 11.0 Å². The Morgan fingerprint density at radius 2 is 1.90 bits per heavy atom. The Morgan fingerprint density at radius 3 is 2.70 bits per heavy atom. The normalized spacial score (nSPS) is 18.8.